The molecule has 19 heavy (non-hydrogen) atoms. The second-order valence-electron chi connectivity index (χ2n) is 5.57. The molecule has 1 aromatic carbocycles. The summed E-state index contributed by atoms with van der Waals surface area (Å²) in [7, 11) is 2.16. The van der Waals surface area contributed by atoms with Crippen LogP contribution in [0.4, 0.5) is 5.69 Å². The summed E-state index contributed by atoms with van der Waals surface area (Å²) in [6.45, 7) is 6.41. The van der Waals surface area contributed by atoms with Crippen LogP contribution in [0.15, 0.2) is 24.3 Å². The largest absolute Gasteiger partial charge is 0.366 e. The third-order valence-corrected chi connectivity index (χ3v) is 4.23. The Balaban J connectivity index is 2.30. The maximum atomic E-state index is 9.10. The molecule has 1 aliphatic rings. The molecule has 0 aliphatic carbocycles. The van der Waals surface area contributed by atoms with E-state index in [0.29, 0.717) is 18.5 Å². The molecule has 2 rings (SSSR count). The number of aryl methyl sites for hydroxylation is 1. The first-order chi connectivity index (χ1) is 9.13. The zero-order valence-corrected chi connectivity index (χ0v) is 12.1. The Morgan fingerprint density at radius 1 is 1.37 bits per heavy atom. The van der Waals surface area contributed by atoms with Crippen molar-refractivity contribution < 1.29 is 0 Å². The summed E-state index contributed by atoms with van der Waals surface area (Å²) in [6.07, 6.45) is 1.73. The Morgan fingerprint density at radius 2 is 2.11 bits per heavy atom. The molecule has 2 atom stereocenters. The van der Waals surface area contributed by atoms with Gasteiger partial charge in [0.15, 0.2) is 0 Å². The fourth-order valence-corrected chi connectivity index (χ4v) is 2.82. The van der Waals surface area contributed by atoms with E-state index in [2.05, 4.69) is 61.0 Å². The molecule has 2 unspecified atom stereocenters. The van der Waals surface area contributed by atoms with Crippen LogP contribution >= 0.6 is 0 Å². The van der Waals surface area contributed by atoms with Crippen molar-refractivity contribution in [2.75, 3.05) is 25.0 Å². The number of para-hydroxylation sites is 1. The molecular weight excluding hydrogens is 234 g/mol. The van der Waals surface area contributed by atoms with Crippen LogP contribution in [0.1, 0.15) is 25.3 Å². The summed E-state index contributed by atoms with van der Waals surface area (Å²) in [5.41, 5.74) is 2.58. The normalized spacial score (nSPS) is 24.8. The average Bonchev–Trinajstić information content (AvgIpc) is 2.52. The molecule has 0 bridgehead atoms. The molecule has 3 nitrogen and oxygen atoms in total. The van der Waals surface area contributed by atoms with Crippen LogP contribution in [0.2, 0.25) is 0 Å². The van der Waals surface area contributed by atoms with E-state index < -0.39 is 0 Å². The fourth-order valence-electron chi connectivity index (χ4n) is 2.82. The van der Waals surface area contributed by atoms with Gasteiger partial charge in [0.05, 0.1) is 18.5 Å². The summed E-state index contributed by atoms with van der Waals surface area (Å²) < 4.78 is 0. The summed E-state index contributed by atoms with van der Waals surface area (Å²) in [5, 5.41) is 9.10. The van der Waals surface area contributed by atoms with Crippen molar-refractivity contribution in [3.63, 3.8) is 0 Å². The van der Waals surface area contributed by atoms with Crippen molar-refractivity contribution in [2.45, 2.75) is 38.8 Å². The maximum Gasteiger partial charge on any atom is 0.0643 e. The molecule has 0 saturated carbocycles. The number of hydrogen-bond donors (Lipinski definition) is 0. The van der Waals surface area contributed by atoms with Crippen molar-refractivity contribution >= 4 is 5.69 Å². The van der Waals surface area contributed by atoms with E-state index >= 15 is 0 Å². The Labute approximate surface area is 116 Å². The molecule has 0 aromatic heterocycles. The smallest absolute Gasteiger partial charge is 0.0643 e. The molecule has 0 radical (unpaired) electrons. The monoisotopic (exact) mass is 257 g/mol. The highest BCUT2D eigenvalue weighted by Crippen LogP contribution is 2.26. The SMILES string of the molecule is Cc1ccccc1N1CCC(C)N(C)CC1CC#N. The lowest BCUT2D eigenvalue weighted by molar-refractivity contribution is 0.255. The van der Waals surface area contributed by atoms with Crippen LogP contribution in [-0.2, 0) is 0 Å². The molecule has 1 aromatic rings. The second-order valence-corrected chi connectivity index (χ2v) is 5.57. The second kappa shape index (κ2) is 6.08. The van der Waals surface area contributed by atoms with Crippen molar-refractivity contribution in [1.29, 1.82) is 5.26 Å². The van der Waals surface area contributed by atoms with E-state index in [9.17, 15) is 0 Å². The highest BCUT2D eigenvalue weighted by Gasteiger charge is 2.27. The number of rotatable bonds is 2. The summed E-state index contributed by atoms with van der Waals surface area (Å²) in [5.74, 6) is 0. The molecule has 102 valence electrons. The molecule has 0 N–H and O–H groups in total. The van der Waals surface area contributed by atoms with E-state index in [1.54, 1.807) is 0 Å². The Bertz CT molecular complexity index is 463. The number of benzene rings is 1. The van der Waals surface area contributed by atoms with Gasteiger partial charge in [-0.1, -0.05) is 18.2 Å². The van der Waals surface area contributed by atoms with Gasteiger partial charge in [0.1, 0.15) is 0 Å². The fraction of sp³-hybridized carbons (Fsp3) is 0.562. The lowest BCUT2D eigenvalue weighted by atomic mass is 10.1. The van der Waals surface area contributed by atoms with Crippen LogP contribution in [-0.4, -0.2) is 37.1 Å². The maximum absolute atomic E-state index is 9.10. The number of likely N-dealkylation sites (N-methyl/N-ethyl adjacent to an activating group) is 1. The van der Waals surface area contributed by atoms with Crippen molar-refractivity contribution in [1.82, 2.24) is 4.90 Å². The van der Waals surface area contributed by atoms with Crippen molar-refractivity contribution in [3.8, 4) is 6.07 Å². The number of anilines is 1. The van der Waals surface area contributed by atoms with Gasteiger partial charge in [-0.2, -0.15) is 5.26 Å². The molecule has 1 saturated heterocycles. The minimum atomic E-state index is 0.293. The van der Waals surface area contributed by atoms with Gasteiger partial charge in [-0.15, -0.1) is 0 Å². The number of nitrogens with zero attached hydrogens (tertiary/aromatic N) is 3. The summed E-state index contributed by atoms with van der Waals surface area (Å²) >= 11 is 0. The third kappa shape index (κ3) is 3.08. The molecule has 3 heteroatoms. The van der Waals surface area contributed by atoms with Gasteiger partial charge in [-0.25, -0.2) is 0 Å². The molecular formula is C16H23N3. The quantitative estimate of drug-likeness (QED) is 0.816. The van der Waals surface area contributed by atoms with E-state index in [1.165, 1.54) is 11.3 Å². The van der Waals surface area contributed by atoms with Crippen molar-refractivity contribution in [2.24, 2.45) is 0 Å². The molecule has 0 spiro atoms. The lowest BCUT2D eigenvalue weighted by Gasteiger charge is -2.32. The van der Waals surface area contributed by atoms with Gasteiger partial charge in [-0.05, 0) is 38.9 Å². The van der Waals surface area contributed by atoms with E-state index in [4.69, 9.17) is 5.26 Å². The van der Waals surface area contributed by atoms with Crippen molar-refractivity contribution in [3.05, 3.63) is 29.8 Å². The average molecular weight is 257 g/mol. The summed E-state index contributed by atoms with van der Waals surface area (Å²) in [4.78, 5) is 4.80. The van der Waals surface area contributed by atoms with Crippen LogP contribution in [0.25, 0.3) is 0 Å². The summed E-state index contributed by atoms with van der Waals surface area (Å²) in [6, 6.07) is 11.7. The Morgan fingerprint density at radius 3 is 2.79 bits per heavy atom. The number of nitriles is 1. The highest BCUT2D eigenvalue weighted by molar-refractivity contribution is 5.54. The molecule has 1 fully saturated rings. The van der Waals surface area contributed by atoms with E-state index in [-0.39, 0.29) is 0 Å². The minimum absolute atomic E-state index is 0.293. The predicted octanol–water partition coefficient (Wildman–Crippen LogP) is 2.81. The molecule has 1 heterocycles. The topological polar surface area (TPSA) is 30.3 Å². The first kappa shape index (κ1) is 13.9. The van der Waals surface area contributed by atoms with Gasteiger partial charge in [-0.3, -0.25) is 0 Å². The van der Waals surface area contributed by atoms with Gasteiger partial charge in [0, 0.05) is 24.8 Å². The third-order valence-electron chi connectivity index (χ3n) is 4.23. The van der Waals surface area contributed by atoms with Gasteiger partial charge in [0.2, 0.25) is 0 Å². The predicted molar refractivity (Wildman–Crippen MR) is 79.3 cm³/mol. The van der Waals surface area contributed by atoms with Crippen LogP contribution < -0.4 is 4.90 Å². The van der Waals surface area contributed by atoms with Crippen LogP contribution in [0.3, 0.4) is 0 Å². The van der Waals surface area contributed by atoms with E-state index in [0.717, 1.165) is 19.5 Å². The molecule has 1 aliphatic heterocycles. The van der Waals surface area contributed by atoms with E-state index in [1.807, 2.05) is 0 Å². The van der Waals surface area contributed by atoms with Crippen LogP contribution in [0, 0.1) is 18.3 Å². The minimum Gasteiger partial charge on any atom is -0.366 e. The zero-order valence-electron chi connectivity index (χ0n) is 12.1. The Kier molecular flexibility index (Phi) is 4.44. The van der Waals surface area contributed by atoms with Gasteiger partial charge in [0.25, 0.3) is 0 Å². The standard InChI is InChI=1S/C16H23N3/c1-13-6-4-5-7-16(13)19-11-9-14(2)18(3)12-15(19)8-10-17/h4-7,14-15H,8-9,11-12H2,1-3H3. The first-order valence-corrected chi connectivity index (χ1v) is 7.03. The first-order valence-electron chi connectivity index (χ1n) is 7.03. The van der Waals surface area contributed by atoms with Gasteiger partial charge >= 0.3 is 0 Å². The highest BCUT2D eigenvalue weighted by atomic mass is 15.2. The number of hydrogen-bond acceptors (Lipinski definition) is 3. The van der Waals surface area contributed by atoms with Gasteiger partial charge < -0.3 is 9.80 Å². The molecule has 0 amide bonds. The van der Waals surface area contributed by atoms with Crippen LogP contribution in [0.5, 0.6) is 0 Å². The Hall–Kier alpha value is -1.53. The zero-order chi connectivity index (χ0) is 13.8. The lowest BCUT2D eigenvalue weighted by Crippen LogP contribution is -2.41.